The second-order valence-corrected chi connectivity index (χ2v) is 5.32. The molecule has 4 nitrogen and oxygen atoms in total. The molecule has 1 N–H and O–H groups in total. The molecule has 7 heteroatoms. The van der Waals surface area contributed by atoms with E-state index >= 15 is 0 Å². The number of benzene rings is 1. The van der Waals surface area contributed by atoms with Crippen molar-refractivity contribution in [3.05, 3.63) is 54.9 Å². The maximum atomic E-state index is 13.6. The van der Waals surface area contributed by atoms with Crippen LogP contribution < -0.4 is 5.32 Å². The van der Waals surface area contributed by atoms with Gasteiger partial charge in [-0.15, -0.1) is 11.3 Å². The summed E-state index contributed by atoms with van der Waals surface area (Å²) in [7, 11) is 0. The molecule has 0 aliphatic carbocycles. The maximum absolute atomic E-state index is 13.6. The Morgan fingerprint density at radius 3 is 2.78 bits per heavy atom. The first-order valence-corrected chi connectivity index (χ1v) is 6.65. The van der Waals surface area contributed by atoms with Crippen LogP contribution in [0.1, 0.15) is 4.88 Å². The molecule has 1 heterocycles. The van der Waals surface area contributed by atoms with Crippen LogP contribution in [0.25, 0.3) is 0 Å². The van der Waals surface area contributed by atoms with Gasteiger partial charge in [0.1, 0.15) is 0 Å². The lowest BCUT2D eigenvalue weighted by molar-refractivity contribution is -0.385. The standard InChI is InChI=1S/C11H8BrFN2O2S/c12-8-3-4-18-11(8)6-14-10-2-1-7(15(16)17)5-9(10)13/h1-5,14H,6H2. The van der Waals surface area contributed by atoms with Crippen molar-refractivity contribution < 1.29 is 9.31 Å². The van der Waals surface area contributed by atoms with E-state index in [9.17, 15) is 14.5 Å². The molecule has 0 unspecified atom stereocenters. The number of thiophene rings is 1. The van der Waals surface area contributed by atoms with Gasteiger partial charge in [0.25, 0.3) is 5.69 Å². The lowest BCUT2D eigenvalue weighted by atomic mass is 10.2. The van der Waals surface area contributed by atoms with Crippen molar-refractivity contribution in [2.45, 2.75) is 6.54 Å². The Kier molecular flexibility index (Phi) is 3.93. The summed E-state index contributed by atoms with van der Waals surface area (Å²) in [6.45, 7) is 0.465. The molecular formula is C11H8BrFN2O2S. The Balaban J connectivity index is 2.11. The molecule has 1 aromatic heterocycles. The maximum Gasteiger partial charge on any atom is 0.272 e. The number of rotatable bonds is 4. The molecule has 0 saturated heterocycles. The van der Waals surface area contributed by atoms with Gasteiger partial charge in [0.15, 0.2) is 5.82 Å². The second-order valence-electron chi connectivity index (χ2n) is 3.47. The van der Waals surface area contributed by atoms with Crippen LogP contribution in [0.4, 0.5) is 15.8 Å². The highest BCUT2D eigenvalue weighted by Crippen LogP contribution is 2.25. The van der Waals surface area contributed by atoms with Gasteiger partial charge in [-0.2, -0.15) is 0 Å². The zero-order valence-electron chi connectivity index (χ0n) is 9.02. The monoisotopic (exact) mass is 330 g/mol. The predicted molar refractivity (Wildman–Crippen MR) is 72.4 cm³/mol. The molecule has 0 aliphatic heterocycles. The van der Waals surface area contributed by atoms with E-state index in [4.69, 9.17) is 0 Å². The summed E-state index contributed by atoms with van der Waals surface area (Å²) in [6, 6.07) is 5.46. The normalized spacial score (nSPS) is 10.3. The van der Waals surface area contributed by atoms with Gasteiger partial charge in [0.05, 0.1) is 23.2 Å². The summed E-state index contributed by atoms with van der Waals surface area (Å²) in [6.07, 6.45) is 0. The van der Waals surface area contributed by atoms with Crippen molar-refractivity contribution in [2.75, 3.05) is 5.32 Å². The minimum absolute atomic E-state index is 0.251. The van der Waals surface area contributed by atoms with Crippen LogP contribution in [0.3, 0.4) is 0 Å². The Hall–Kier alpha value is -1.47. The molecule has 0 amide bonds. The molecule has 0 spiro atoms. The second kappa shape index (κ2) is 5.45. The number of nitro benzene ring substituents is 1. The SMILES string of the molecule is O=[N+]([O-])c1ccc(NCc2sccc2Br)c(F)c1. The van der Waals surface area contributed by atoms with Gasteiger partial charge in [0, 0.05) is 15.4 Å². The van der Waals surface area contributed by atoms with E-state index in [-0.39, 0.29) is 11.4 Å². The fraction of sp³-hybridized carbons (Fsp3) is 0.0909. The largest absolute Gasteiger partial charge is 0.378 e. The molecule has 0 bridgehead atoms. The summed E-state index contributed by atoms with van der Waals surface area (Å²) < 4.78 is 14.5. The summed E-state index contributed by atoms with van der Waals surface area (Å²) in [5.74, 6) is -0.628. The molecule has 0 saturated carbocycles. The van der Waals surface area contributed by atoms with Crippen LogP contribution >= 0.6 is 27.3 Å². The van der Waals surface area contributed by atoms with Gasteiger partial charge >= 0.3 is 0 Å². The molecule has 2 rings (SSSR count). The summed E-state index contributed by atoms with van der Waals surface area (Å²) >= 11 is 4.92. The zero-order valence-corrected chi connectivity index (χ0v) is 11.4. The van der Waals surface area contributed by atoms with Crippen LogP contribution in [-0.4, -0.2) is 4.92 Å². The third kappa shape index (κ3) is 2.85. The summed E-state index contributed by atoms with van der Waals surface area (Å²) in [5.41, 5.74) is -0.00347. The predicted octanol–water partition coefficient (Wildman–Crippen LogP) is 4.17. The molecule has 0 fully saturated rings. The summed E-state index contributed by atoms with van der Waals surface area (Å²) in [4.78, 5) is 10.9. The average Bonchev–Trinajstić information content (AvgIpc) is 2.73. The van der Waals surface area contributed by atoms with E-state index in [1.54, 1.807) is 11.3 Å². The third-order valence-electron chi connectivity index (χ3n) is 2.29. The quantitative estimate of drug-likeness (QED) is 0.676. The number of nitrogens with zero attached hydrogens (tertiary/aromatic N) is 1. The van der Waals surface area contributed by atoms with Gasteiger partial charge in [-0.3, -0.25) is 10.1 Å². The smallest absolute Gasteiger partial charge is 0.272 e. The van der Waals surface area contributed by atoms with Crippen molar-refractivity contribution in [1.82, 2.24) is 0 Å². The first kappa shape index (κ1) is 13.0. The van der Waals surface area contributed by atoms with Crippen molar-refractivity contribution in [2.24, 2.45) is 0 Å². The van der Waals surface area contributed by atoms with Crippen LogP contribution in [0, 0.1) is 15.9 Å². The van der Waals surface area contributed by atoms with E-state index in [2.05, 4.69) is 21.2 Å². The number of anilines is 1. The van der Waals surface area contributed by atoms with Crippen molar-refractivity contribution >= 4 is 38.6 Å². The van der Waals surface area contributed by atoms with Crippen LogP contribution in [0.5, 0.6) is 0 Å². The van der Waals surface area contributed by atoms with Crippen molar-refractivity contribution in [3.8, 4) is 0 Å². The minimum atomic E-state index is -0.628. The Morgan fingerprint density at radius 1 is 1.44 bits per heavy atom. The number of hydrogen-bond donors (Lipinski definition) is 1. The Morgan fingerprint density at radius 2 is 2.22 bits per heavy atom. The van der Waals surface area contributed by atoms with E-state index < -0.39 is 10.7 Å². The van der Waals surface area contributed by atoms with Gasteiger partial charge in [-0.25, -0.2) is 4.39 Å². The molecule has 18 heavy (non-hydrogen) atoms. The highest BCUT2D eigenvalue weighted by molar-refractivity contribution is 9.10. The van der Waals surface area contributed by atoms with Gasteiger partial charge in [-0.05, 0) is 33.4 Å². The van der Waals surface area contributed by atoms with Gasteiger partial charge < -0.3 is 5.32 Å². The van der Waals surface area contributed by atoms with Crippen molar-refractivity contribution in [3.63, 3.8) is 0 Å². The van der Waals surface area contributed by atoms with E-state index in [0.29, 0.717) is 6.54 Å². The lowest BCUT2D eigenvalue weighted by Gasteiger charge is -2.06. The van der Waals surface area contributed by atoms with Crippen LogP contribution in [-0.2, 0) is 6.54 Å². The fourth-order valence-corrected chi connectivity index (χ4v) is 2.82. The molecule has 0 radical (unpaired) electrons. The van der Waals surface area contributed by atoms with E-state index in [0.717, 1.165) is 15.4 Å². The molecule has 2 aromatic rings. The number of non-ortho nitro benzene ring substituents is 1. The first-order chi connectivity index (χ1) is 8.58. The minimum Gasteiger partial charge on any atom is -0.378 e. The molecule has 1 aromatic carbocycles. The summed E-state index contributed by atoms with van der Waals surface area (Å²) in [5, 5.41) is 15.3. The molecule has 94 valence electrons. The van der Waals surface area contributed by atoms with Crippen LogP contribution in [0.2, 0.25) is 0 Å². The lowest BCUT2D eigenvalue weighted by Crippen LogP contribution is -2.01. The topological polar surface area (TPSA) is 55.2 Å². The van der Waals surface area contributed by atoms with E-state index in [1.807, 2.05) is 11.4 Å². The number of halogens is 2. The van der Waals surface area contributed by atoms with Crippen molar-refractivity contribution in [1.29, 1.82) is 0 Å². The highest BCUT2D eigenvalue weighted by atomic mass is 79.9. The molecule has 0 atom stereocenters. The number of nitro groups is 1. The Bertz CT molecular complexity index is 588. The molecule has 0 aliphatic rings. The van der Waals surface area contributed by atoms with Gasteiger partial charge in [-0.1, -0.05) is 0 Å². The van der Waals surface area contributed by atoms with E-state index in [1.165, 1.54) is 12.1 Å². The molecular weight excluding hydrogens is 323 g/mol. The number of nitrogens with one attached hydrogen (secondary N) is 1. The average molecular weight is 331 g/mol. The third-order valence-corrected chi connectivity index (χ3v) is 4.22. The Labute approximate surface area is 115 Å². The fourth-order valence-electron chi connectivity index (χ4n) is 1.39. The first-order valence-electron chi connectivity index (χ1n) is 4.97. The van der Waals surface area contributed by atoms with Crippen LogP contribution in [0.15, 0.2) is 34.1 Å². The van der Waals surface area contributed by atoms with Gasteiger partial charge in [0.2, 0.25) is 0 Å². The number of hydrogen-bond acceptors (Lipinski definition) is 4. The highest BCUT2D eigenvalue weighted by Gasteiger charge is 2.10. The zero-order chi connectivity index (χ0) is 13.1.